The van der Waals surface area contributed by atoms with E-state index in [1.165, 1.54) is 6.33 Å². The average Bonchev–Trinajstić information content (AvgIpc) is 3.50. The van der Waals surface area contributed by atoms with Crippen molar-refractivity contribution in [1.29, 1.82) is 0 Å². The maximum absolute atomic E-state index is 13.1. The molecule has 0 bridgehead atoms. The SMILES string of the molecule is Cc1cc(N2CCN(C(=O)C3CCCN(C(=O)C4CC4)C3)CC2)n2ncnc2n1. The number of amides is 2. The maximum Gasteiger partial charge on any atom is 0.254 e. The third-order valence-corrected chi connectivity index (χ3v) is 6.29. The molecule has 1 unspecified atom stereocenters. The first kappa shape index (κ1) is 18.3. The summed E-state index contributed by atoms with van der Waals surface area (Å²) in [6, 6.07) is 2.02. The lowest BCUT2D eigenvalue weighted by atomic mass is 9.95. The van der Waals surface area contributed by atoms with Gasteiger partial charge in [0.05, 0.1) is 5.92 Å². The fraction of sp³-hybridized carbons (Fsp3) is 0.650. The second kappa shape index (κ2) is 7.27. The molecular weight excluding hydrogens is 370 g/mol. The summed E-state index contributed by atoms with van der Waals surface area (Å²) in [5.74, 6) is 2.21. The van der Waals surface area contributed by atoms with E-state index in [0.717, 1.165) is 56.8 Å². The quantitative estimate of drug-likeness (QED) is 0.759. The topological polar surface area (TPSA) is 86.9 Å². The molecule has 0 spiro atoms. The van der Waals surface area contributed by atoms with Gasteiger partial charge in [-0.25, -0.2) is 4.98 Å². The molecule has 29 heavy (non-hydrogen) atoms. The molecule has 0 aromatic carbocycles. The number of piperazine rings is 1. The highest BCUT2D eigenvalue weighted by Crippen LogP contribution is 2.33. The van der Waals surface area contributed by atoms with Gasteiger partial charge in [0.15, 0.2) is 0 Å². The highest BCUT2D eigenvalue weighted by Gasteiger charge is 2.38. The molecule has 2 saturated heterocycles. The Hall–Kier alpha value is -2.71. The molecule has 2 aromatic rings. The number of likely N-dealkylation sites (tertiary alicyclic amines) is 1. The predicted molar refractivity (Wildman–Crippen MR) is 106 cm³/mol. The average molecular weight is 397 g/mol. The van der Waals surface area contributed by atoms with Crippen LogP contribution in [-0.2, 0) is 9.59 Å². The van der Waals surface area contributed by atoms with E-state index in [2.05, 4.69) is 20.0 Å². The molecular formula is C20H27N7O2. The van der Waals surface area contributed by atoms with Crippen LogP contribution < -0.4 is 4.90 Å². The minimum atomic E-state index is -0.0526. The molecule has 3 aliphatic rings. The van der Waals surface area contributed by atoms with Crippen LogP contribution in [0.5, 0.6) is 0 Å². The number of aryl methyl sites for hydroxylation is 1. The van der Waals surface area contributed by atoms with Gasteiger partial charge in [-0.3, -0.25) is 9.59 Å². The second-order valence-corrected chi connectivity index (χ2v) is 8.44. The molecule has 3 fully saturated rings. The number of nitrogens with zero attached hydrogens (tertiary/aromatic N) is 7. The Kier molecular flexibility index (Phi) is 4.60. The lowest BCUT2D eigenvalue weighted by Crippen LogP contribution is -2.53. The van der Waals surface area contributed by atoms with Crippen molar-refractivity contribution >= 4 is 23.4 Å². The summed E-state index contributed by atoms with van der Waals surface area (Å²) in [5.41, 5.74) is 0.904. The van der Waals surface area contributed by atoms with Crippen molar-refractivity contribution in [2.75, 3.05) is 44.2 Å². The van der Waals surface area contributed by atoms with Crippen LogP contribution >= 0.6 is 0 Å². The number of fused-ring (bicyclic) bond motifs is 1. The summed E-state index contributed by atoms with van der Waals surface area (Å²) in [7, 11) is 0. The molecule has 0 radical (unpaired) electrons. The first-order chi connectivity index (χ1) is 14.1. The van der Waals surface area contributed by atoms with Gasteiger partial charge in [0.2, 0.25) is 11.8 Å². The zero-order chi connectivity index (χ0) is 20.0. The van der Waals surface area contributed by atoms with E-state index in [9.17, 15) is 9.59 Å². The molecule has 154 valence electrons. The van der Waals surface area contributed by atoms with Crippen LogP contribution in [0.1, 0.15) is 31.4 Å². The molecule has 1 atom stereocenters. The van der Waals surface area contributed by atoms with Crippen LogP contribution in [0.2, 0.25) is 0 Å². The van der Waals surface area contributed by atoms with Gasteiger partial charge in [-0.1, -0.05) is 0 Å². The van der Waals surface area contributed by atoms with Gasteiger partial charge in [0, 0.05) is 56.9 Å². The normalized spacial score (nSPS) is 22.9. The van der Waals surface area contributed by atoms with Gasteiger partial charge in [-0.2, -0.15) is 14.6 Å². The van der Waals surface area contributed by atoms with Crippen LogP contribution in [-0.4, -0.2) is 80.5 Å². The number of hydrogen-bond acceptors (Lipinski definition) is 6. The van der Waals surface area contributed by atoms with E-state index < -0.39 is 0 Å². The van der Waals surface area contributed by atoms with Crippen molar-refractivity contribution in [1.82, 2.24) is 29.4 Å². The smallest absolute Gasteiger partial charge is 0.254 e. The Morgan fingerprint density at radius 1 is 0.966 bits per heavy atom. The summed E-state index contributed by atoms with van der Waals surface area (Å²) < 4.78 is 1.76. The predicted octanol–water partition coefficient (Wildman–Crippen LogP) is 0.730. The van der Waals surface area contributed by atoms with E-state index in [1.807, 2.05) is 22.8 Å². The Morgan fingerprint density at radius 2 is 1.72 bits per heavy atom. The fourth-order valence-electron chi connectivity index (χ4n) is 4.52. The molecule has 2 aromatic heterocycles. The first-order valence-electron chi connectivity index (χ1n) is 10.6. The molecule has 0 N–H and O–H groups in total. The Bertz CT molecular complexity index is 930. The van der Waals surface area contributed by atoms with Crippen LogP contribution in [0.4, 0.5) is 5.82 Å². The highest BCUT2D eigenvalue weighted by molar-refractivity contribution is 5.83. The van der Waals surface area contributed by atoms with Crippen molar-refractivity contribution in [2.45, 2.75) is 32.6 Å². The Labute approximate surface area is 169 Å². The van der Waals surface area contributed by atoms with E-state index in [-0.39, 0.29) is 23.7 Å². The van der Waals surface area contributed by atoms with E-state index in [4.69, 9.17) is 0 Å². The second-order valence-electron chi connectivity index (χ2n) is 8.44. The van der Waals surface area contributed by atoms with Crippen molar-refractivity contribution < 1.29 is 9.59 Å². The van der Waals surface area contributed by atoms with Crippen LogP contribution in [0.15, 0.2) is 12.4 Å². The van der Waals surface area contributed by atoms with Crippen LogP contribution in [0.3, 0.4) is 0 Å². The van der Waals surface area contributed by atoms with Gasteiger partial charge in [-0.05, 0) is 32.6 Å². The van der Waals surface area contributed by atoms with Gasteiger partial charge in [-0.15, -0.1) is 0 Å². The van der Waals surface area contributed by atoms with Crippen LogP contribution in [0, 0.1) is 18.8 Å². The van der Waals surface area contributed by atoms with Crippen molar-refractivity contribution in [2.24, 2.45) is 11.8 Å². The van der Waals surface area contributed by atoms with Crippen molar-refractivity contribution in [3.05, 3.63) is 18.1 Å². The monoisotopic (exact) mass is 397 g/mol. The van der Waals surface area contributed by atoms with Gasteiger partial charge in [0.25, 0.3) is 5.78 Å². The molecule has 2 aliphatic heterocycles. The zero-order valence-electron chi connectivity index (χ0n) is 16.8. The van der Waals surface area contributed by atoms with Crippen molar-refractivity contribution in [3.63, 3.8) is 0 Å². The van der Waals surface area contributed by atoms with E-state index in [1.54, 1.807) is 4.52 Å². The Balaban J connectivity index is 1.22. The minimum Gasteiger partial charge on any atom is -0.353 e. The summed E-state index contributed by atoms with van der Waals surface area (Å²) >= 11 is 0. The van der Waals surface area contributed by atoms with Gasteiger partial charge < -0.3 is 14.7 Å². The summed E-state index contributed by atoms with van der Waals surface area (Å²) in [5, 5.41) is 4.29. The standard InChI is InChI=1S/C20H27N7O2/c1-14-11-17(27-20(23-14)21-13-22-27)24-7-9-25(10-8-24)19(29)16-3-2-6-26(12-16)18(28)15-4-5-15/h11,13,15-16H,2-10,12H2,1H3. The molecule has 2 amide bonds. The largest absolute Gasteiger partial charge is 0.353 e. The summed E-state index contributed by atoms with van der Waals surface area (Å²) in [6.07, 6.45) is 5.36. The fourth-order valence-corrected chi connectivity index (χ4v) is 4.52. The van der Waals surface area contributed by atoms with E-state index in [0.29, 0.717) is 25.4 Å². The number of rotatable bonds is 3. The molecule has 5 rings (SSSR count). The number of carbonyl (C=O) groups excluding carboxylic acids is 2. The molecule has 4 heterocycles. The third kappa shape index (κ3) is 3.54. The maximum atomic E-state index is 13.1. The molecule has 1 saturated carbocycles. The Morgan fingerprint density at radius 3 is 2.48 bits per heavy atom. The molecule has 1 aliphatic carbocycles. The number of carbonyl (C=O) groups is 2. The number of piperidine rings is 1. The number of anilines is 1. The lowest BCUT2D eigenvalue weighted by Gasteiger charge is -2.39. The van der Waals surface area contributed by atoms with Crippen molar-refractivity contribution in [3.8, 4) is 0 Å². The van der Waals surface area contributed by atoms with E-state index >= 15 is 0 Å². The van der Waals surface area contributed by atoms with Crippen LogP contribution in [0.25, 0.3) is 5.78 Å². The molecule has 9 heteroatoms. The number of hydrogen-bond donors (Lipinski definition) is 0. The highest BCUT2D eigenvalue weighted by atomic mass is 16.2. The third-order valence-electron chi connectivity index (χ3n) is 6.29. The summed E-state index contributed by atoms with van der Waals surface area (Å²) in [4.78, 5) is 40.2. The lowest BCUT2D eigenvalue weighted by molar-refractivity contribution is -0.141. The minimum absolute atomic E-state index is 0.0526. The first-order valence-corrected chi connectivity index (χ1v) is 10.6. The van der Waals surface area contributed by atoms with Gasteiger partial charge in [0.1, 0.15) is 12.1 Å². The summed E-state index contributed by atoms with van der Waals surface area (Å²) in [6.45, 7) is 6.23. The molecule has 9 nitrogen and oxygen atoms in total. The van der Waals surface area contributed by atoms with Gasteiger partial charge >= 0.3 is 0 Å². The number of aromatic nitrogens is 4. The zero-order valence-corrected chi connectivity index (χ0v) is 16.8.